The molecule has 0 aliphatic rings. The summed E-state index contributed by atoms with van der Waals surface area (Å²) in [4.78, 5) is 0. The smallest absolute Gasteiger partial charge is 0.0837 e. The minimum absolute atomic E-state index is 0.0365. The predicted octanol–water partition coefficient (Wildman–Crippen LogP) is 3.71. The molecule has 0 amide bonds. The zero-order valence-corrected chi connectivity index (χ0v) is 14.6. The summed E-state index contributed by atoms with van der Waals surface area (Å²) in [5.74, 6) is 0. The maximum Gasteiger partial charge on any atom is 0.0837 e. The number of hydrogen-bond acceptors (Lipinski definition) is 4. The lowest BCUT2D eigenvalue weighted by Crippen LogP contribution is -2.25. The Morgan fingerprint density at radius 3 is 3.00 bits per heavy atom. The van der Waals surface area contributed by atoms with Gasteiger partial charge in [-0.25, -0.2) is 0 Å². The lowest BCUT2D eigenvalue weighted by Gasteiger charge is -2.19. The molecule has 0 aliphatic carbocycles. The van der Waals surface area contributed by atoms with E-state index in [1.54, 1.807) is 24.6 Å². The zero-order valence-electron chi connectivity index (χ0n) is 11.4. The fourth-order valence-electron chi connectivity index (χ4n) is 2.07. The summed E-state index contributed by atoms with van der Waals surface area (Å²) in [7, 11) is 1.68. The number of hydrogen-bond donors (Lipinski definition) is 1. The Bertz CT molecular complexity index is 558. The van der Waals surface area contributed by atoms with Gasteiger partial charge in [0.05, 0.1) is 39.9 Å². The molecule has 0 spiro atoms. The highest BCUT2D eigenvalue weighted by molar-refractivity contribution is 9.11. The van der Waals surface area contributed by atoms with Crippen molar-refractivity contribution in [1.82, 2.24) is 15.1 Å². The average molecular weight is 379 g/mol. The molecular formula is C13H17BrClN3OS. The number of thiophene rings is 1. The quantitative estimate of drug-likeness (QED) is 0.798. The second-order valence-corrected chi connectivity index (χ2v) is 6.97. The van der Waals surface area contributed by atoms with Gasteiger partial charge >= 0.3 is 0 Å². The van der Waals surface area contributed by atoms with Crippen molar-refractivity contribution >= 4 is 38.9 Å². The van der Waals surface area contributed by atoms with Crippen molar-refractivity contribution < 1.29 is 4.74 Å². The van der Waals surface area contributed by atoms with Crippen molar-refractivity contribution in [2.75, 3.05) is 20.3 Å². The van der Waals surface area contributed by atoms with E-state index in [-0.39, 0.29) is 6.04 Å². The first-order valence-corrected chi connectivity index (χ1v) is 8.39. The van der Waals surface area contributed by atoms with Gasteiger partial charge in [-0.3, -0.25) is 4.68 Å². The van der Waals surface area contributed by atoms with Crippen LogP contribution < -0.4 is 5.32 Å². The van der Waals surface area contributed by atoms with Crippen LogP contribution in [0.2, 0.25) is 5.02 Å². The van der Waals surface area contributed by atoms with Crippen LogP contribution in [0.25, 0.3) is 0 Å². The molecule has 2 rings (SSSR count). The van der Waals surface area contributed by atoms with Crippen LogP contribution >= 0.6 is 38.9 Å². The van der Waals surface area contributed by atoms with Gasteiger partial charge in [0.25, 0.3) is 0 Å². The second-order valence-electron chi connectivity index (χ2n) is 4.27. The van der Waals surface area contributed by atoms with Crippen LogP contribution in [0.15, 0.2) is 21.4 Å². The zero-order chi connectivity index (χ0) is 14.5. The summed E-state index contributed by atoms with van der Waals surface area (Å²) in [6.45, 7) is 4.23. The normalized spacial score (nSPS) is 12.8. The number of ether oxygens (including phenoxy) is 1. The lowest BCUT2D eigenvalue weighted by molar-refractivity contribution is 0.182. The van der Waals surface area contributed by atoms with Gasteiger partial charge in [-0.2, -0.15) is 5.10 Å². The van der Waals surface area contributed by atoms with Crippen LogP contribution in [0, 0.1) is 0 Å². The SMILES string of the molecule is CCNC(c1csc(Br)c1)c1c(Cl)cnn1CCOC. The summed E-state index contributed by atoms with van der Waals surface area (Å²) in [6, 6.07) is 2.15. The van der Waals surface area contributed by atoms with E-state index in [0.717, 1.165) is 16.0 Å². The maximum atomic E-state index is 6.34. The summed E-state index contributed by atoms with van der Waals surface area (Å²) < 4.78 is 8.14. The summed E-state index contributed by atoms with van der Waals surface area (Å²) >= 11 is 11.5. The van der Waals surface area contributed by atoms with Crippen LogP contribution in [0.5, 0.6) is 0 Å². The Labute approximate surface area is 136 Å². The van der Waals surface area contributed by atoms with Crippen LogP contribution in [0.4, 0.5) is 0 Å². The van der Waals surface area contributed by atoms with Gasteiger partial charge < -0.3 is 10.1 Å². The van der Waals surface area contributed by atoms with Crippen molar-refractivity contribution in [2.45, 2.75) is 19.5 Å². The molecule has 4 nitrogen and oxygen atoms in total. The standard InChI is InChI=1S/C13H17BrClN3OS/c1-3-16-12(9-6-11(14)20-8-9)13-10(15)7-17-18(13)4-5-19-2/h6-8,12,16H,3-5H2,1-2H3. The molecule has 7 heteroatoms. The maximum absolute atomic E-state index is 6.34. The Kier molecular flexibility index (Phi) is 6.04. The Hall–Kier alpha value is -0.400. The highest BCUT2D eigenvalue weighted by Gasteiger charge is 2.22. The lowest BCUT2D eigenvalue weighted by atomic mass is 10.1. The fourth-order valence-corrected chi connectivity index (χ4v) is 3.52. The second kappa shape index (κ2) is 7.56. The van der Waals surface area contributed by atoms with Crippen LogP contribution in [-0.4, -0.2) is 30.0 Å². The van der Waals surface area contributed by atoms with Gasteiger partial charge in [0, 0.05) is 7.11 Å². The predicted molar refractivity (Wildman–Crippen MR) is 86.7 cm³/mol. The van der Waals surface area contributed by atoms with Crippen molar-refractivity contribution in [3.05, 3.63) is 37.7 Å². The molecule has 2 heterocycles. The van der Waals surface area contributed by atoms with E-state index in [2.05, 4.69) is 44.7 Å². The number of nitrogens with zero attached hydrogens (tertiary/aromatic N) is 2. The highest BCUT2D eigenvalue weighted by atomic mass is 79.9. The molecule has 0 fully saturated rings. The summed E-state index contributed by atoms with van der Waals surface area (Å²) in [5, 5.41) is 10.6. The molecule has 2 aromatic rings. The van der Waals surface area contributed by atoms with Gasteiger partial charge in [-0.1, -0.05) is 18.5 Å². The molecular weight excluding hydrogens is 362 g/mol. The van der Waals surface area contributed by atoms with E-state index < -0.39 is 0 Å². The number of rotatable bonds is 7. The molecule has 20 heavy (non-hydrogen) atoms. The van der Waals surface area contributed by atoms with Crippen LogP contribution in [-0.2, 0) is 11.3 Å². The molecule has 1 unspecified atom stereocenters. The van der Waals surface area contributed by atoms with E-state index in [4.69, 9.17) is 16.3 Å². The molecule has 0 radical (unpaired) electrons. The minimum atomic E-state index is 0.0365. The number of nitrogens with one attached hydrogen (secondary N) is 1. The third-order valence-corrected chi connectivity index (χ3v) is 4.76. The molecule has 110 valence electrons. The molecule has 1 N–H and O–H groups in total. The molecule has 0 aromatic carbocycles. The van der Waals surface area contributed by atoms with Gasteiger partial charge in [-0.05, 0) is 39.5 Å². The monoisotopic (exact) mass is 377 g/mol. The van der Waals surface area contributed by atoms with E-state index >= 15 is 0 Å². The van der Waals surface area contributed by atoms with Crippen molar-refractivity contribution in [3.63, 3.8) is 0 Å². The van der Waals surface area contributed by atoms with Crippen molar-refractivity contribution in [2.24, 2.45) is 0 Å². The third kappa shape index (κ3) is 3.62. The van der Waals surface area contributed by atoms with E-state index in [9.17, 15) is 0 Å². The molecule has 0 saturated heterocycles. The molecule has 1 atom stereocenters. The minimum Gasteiger partial charge on any atom is -0.383 e. The Balaban J connectivity index is 2.35. The van der Waals surface area contributed by atoms with Crippen LogP contribution in [0.1, 0.15) is 24.2 Å². The third-order valence-electron chi connectivity index (χ3n) is 2.94. The largest absolute Gasteiger partial charge is 0.383 e. The first-order chi connectivity index (χ1) is 9.67. The Morgan fingerprint density at radius 2 is 2.40 bits per heavy atom. The molecule has 0 bridgehead atoms. The van der Waals surface area contributed by atoms with Gasteiger partial charge in [0.2, 0.25) is 0 Å². The van der Waals surface area contributed by atoms with Gasteiger partial charge in [-0.15, -0.1) is 11.3 Å². The highest BCUT2D eigenvalue weighted by Crippen LogP contribution is 2.32. The molecule has 2 aromatic heterocycles. The number of aromatic nitrogens is 2. The van der Waals surface area contributed by atoms with Gasteiger partial charge in [0.1, 0.15) is 0 Å². The average Bonchev–Trinajstić information content (AvgIpc) is 3.01. The van der Waals surface area contributed by atoms with Crippen molar-refractivity contribution in [1.29, 1.82) is 0 Å². The van der Waals surface area contributed by atoms with Crippen LogP contribution in [0.3, 0.4) is 0 Å². The summed E-state index contributed by atoms with van der Waals surface area (Å²) in [5.41, 5.74) is 2.17. The Morgan fingerprint density at radius 1 is 1.60 bits per heavy atom. The van der Waals surface area contributed by atoms with E-state index in [1.807, 2.05) is 4.68 Å². The first kappa shape index (κ1) is 16.0. The topological polar surface area (TPSA) is 39.1 Å². The molecule has 0 saturated carbocycles. The molecule has 0 aliphatic heterocycles. The van der Waals surface area contributed by atoms with Gasteiger partial charge in [0.15, 0.2) is 0 Å². The van der Waals surface area contributed by atoms with Crippen molar-refractivity contribution in [3.8, 4) is 0 Å². The number of halogens is 2. The summed E-state index contributed by atoms with van der Waals surface area (Å²) in [6.07, 6.45) is 1.69. The fraction of sp³-hybridized carbons (Fsp3) is 0.462. The number of methoxy groups -OCH3 is 1. The van der Waals surface area contributed by atoms with E-state index in [0.29, 0.717) is 18.2 Å². The van der Waals surface area contributed by atoms with E-state index in [1.165, 1.54) is 5.56 Å². The first-order valence-electron chi connectivity index (χ1n) is 6.34.